The first kappa shape index (κ1) is 9.99. The van der Waals surface area contributed by atoms with Crippen molar-refractivity contribution in [2.24, 2.45) is 0 Å². The average Bonchev–Trinajstić information content (AvgIpc) is 2.15. The highest BCUT2D eigenvalue weighted by molar-refractivity contribution is 5.16. The molecule has 0 spiro atoms. The third-order valence-corrected chi connectivity index (χ3v) is 1.63. The Morgan fingerprint density at radius 2 is 2.15 bits per heavy atom. The molecule has 72 valence electrons. The van der Waals surface area contributed by atoms with Gasteiger partial charge in [-0.05, 0) is 12.5 Å². The lowest BCUT2D eigenvalue weighted by Crippen LogP contribution is -2.02. The van der Waals surface area contributed by atoms with E-state index in [2.05, 4.69) is 4.98 Å². The average molecular weight is 181 g/mol. The van der Waals surface area contributed by atoms with Crippen LogP contribution in [0.4, 0.5) is 0 Å². The lowest BCUT2D eigenvalue weighted by molar-refractivity contribution is 0.170. The molecule has 0 aromatic carbocycles. The summed E-state index contributed by atoms with van der Waals surface area (Å²) in [6, 6.07) is 3.86. The van der Waals surface area contributed by atoms with Crippen molar-refractivity contribution in [3.05, 3.63) is 23.9 Å². The van der Waals surface area contributed by atoms with Gasteiger partial charge in [-0.1, -0.05) is 6.07 Å². The SMILES string of the molecule is COCCCOc1ccc(C)cn1. The van der Waals surface area contributed by atoms with Gasteiger partial charge in [-0.3, -0.25) is 0 Å². The summed E-state index contributed by atoms with van der Waals surface area (Å²) in [6.07, 6.45) is 2.69. The van der Waals surface area contributed by atoms with E-state index in [-0.39, 0.29) is 0 Å². The quantitative estimate of drug-likeness (QED) is 0.649. The summed E-state index contributed by atoms with van der Waals surface area (Å²) in [5, 5.41) is 0. The van der Waals surface area contributed by atoms with Crippen molar-refractivity contribution < 1.29 is 9.47 Å². The zero-order valence-electron chi connectivity index (χ0n) is 8.12. The molecule has 0 aliphatic carbocycles. The third kappa shape index (κ3) is 3.90. The van der Waals surface area contributed by atoms with Crippen LogP contribution in [0.15, 0.2) is 18.3 Å². The molecule has 1 aromatic heterocycles. The molecular weight excluding hydrogens is 166 g/mol. The number of hydrogen-bond acceptors (Lipinski definition) is 3. The van der Waals surface area contributed by atoms with Crippen LogP contribution in [-0.2, 0) is 4.74 Å². The molecule has 0 amide bonds. The second-order valence-corrected chi connectivity index (χ2v) is 2.87. The molecule has 0 aliphatic rings. The monoisotopic (exact) mass is 181 g/mol. The van der Waals surface area contributed by atoms with Crippen LogP contribution in [0, 0.1) is 6.92 Å². The zero-order valence-corrected chi connectivity index (χ0v) is 8.12. The highest BCUT2D eigenvalue weighted by atomic mass is 16.5. The lowest BCUT2D eigenvalue weighted by atomic mass is 10.3. The lowest BCUT2D eigenvalue weighted by Gasteiger charge is -2.04. The first-order valence-electron chi connectivity index (χ1n) is 4.37. The molecule has 0 atom stereocenters. The van der Waals surface area contributed by atoms with Crippen LogP contribution in [0.1, 0.15) is 12.0 Å². The van der Waals surface area contributed by atoms with Crippen molar-refractivity contribution in [3.8, 4) is 5.88 Å². The summed E-state index contributed by atoms with van der Waals surface area (Å²) in [7, 11) is 1.68. The Morgan fingerprint density at radius 1 is 1.31 bits per heavy atom. The second kappa shape index (κ2) is 5.54. The first-order chi connectivity index (χ1) is 6.33. The Hall–Kier alpha value is -1.09. The molecule has 0 fully saturated rings. The van der Waals surface area contributed by atoms with Crippen LogP contribution < -0.4 is 4.74 Å². The maximum Gasteiger partial charge on any atom is 0.213 e. The van der Waals surface area contributed by atoms with Crippen molar-refractivity contribution in [2.45, 2.75) is 13.3 Å². The molecule has 0 saturated carbocycles. The van der Waals surface area contributed by atoms with Crippen LogP contribution >= 0.6 is 0 Å². The molecular formula is C10H15NO2. The van der Waals surface area contributed by atoms with E-state index in [1.165, 1.54) is 0 Å². The first-order valence-corrected chi connectivity index (χ1v) is 4.37. The predicted octanol–water partition coefficient (Wildman–Crippen LogP) is 1.81. The van der Waals surface area contributed by atoms with E-state index in [0.717, 1.165) is 18.6 Å². The second-order valence-electron chi connectivity index (χ2n) is 2.87. The molecule has 3 nitrogen and oxygen atoms in total. The van der Waals surface area contributed by atoms with Crippen molar-refractivity contribution in [1.82, 2.24) is 4.98 Å². The summed E-state index contributed by atoms with van der Waals surface area (Å²) < 4.78 is 10.3. The highest BCUT2D eigenvalue weighted by Gasteiger charge is 1.93. The van der Waals surface area contributed by atoms with Gasteiger partial charge >= 0.3 is 0 Å². The Labute approximate surface area is 78.7 Å². The van der Waals surface area contributed by atoms with E-state index in [0.29, 0.717) is 12.5 Å². The zero-order chi connectivity index (χ0) is 9.52. The van der Waals surface area contributed by atoms with Crippen molar-refractivity contribution in [1.29, 1.82) is 0 Å². The molecule has 0 aliphatic heterocycles. The van der Waals surface area contributed by atoms with Gasteiger partial charge in [0.2, 0.25) is 5.88 Å². The van der Waals surface area contributed by atoms with E-state index in [1.807, 2.05) is 19.1 Å². The van der Waals surface area contributed by atoms with Gasteiger partial charge < -0.3 is 9.47 Å². The number of pyridine rings is 1. The largest absolute Gasteiger partial charge is 0.478 e. The minimum Gasteiger partial charge on any atom is -0.478 e. The van der Waals surface area contributed by atoms with Crippen molar-refractivity contribution in [3.63, 3.8) is 0 Å². The van der Waals surface area contributed by atoms with Crippen LogP contribution in [0.2, 0.25) is 0 Å². The minimum absolute atomic E-state index is 0.657. The van der Waals surface area contributed by atoms with Gasteiger partial charge in [0.1, 0.15) is 0 Å². The predicted molar refractivity (Wildman–Crippen MR) is 51.0 cm³/mol. The van der Waals surface area contributed by atoms with E-state index in [9.17, 15) is 0 Å². The molecule has 1 rings (SSSR count). The molecule has 0 N–H and O–H groups in total. The van der Waals surface area contributed by atoms with Crippen LogP contribution in [-0.4, -0.2) is 25.3 Å². The Balaban J connectivity index is 2.25. The summed E-state index contributed by atoms with van der Waals surface area (Å²) in [5.41, 5.74) is 1.14. The van der Waals surface area contributed by atoms with Gasteiger partial charge in [-0.15, -0.1) is 0 Å². The summed E-state index contributed by atoms with van der Waals surface area (Å²) in [4.78, 5) is 4.11. The molecule has 0 unspecified atom stereocenters. The smallest absolute Gasteiger partial charge is 0.213 e. The van der Waals surface area contributed by atoms with Crippen LogP contribution in [0.25, 0.3) is 0 Å². The van der Waals surface area contributed by atoms with E-state index in [4.69, 9.17) is 9.47 Å². The molecule has 1 heterocycles. The van der Waals surface area contributed by atoms with Gasteiger partial charge in [0.15, 0.2) is 0 Å². The summed E-state index contributed by atoms with van der Waals surface area (Å²) in [5.74, 6) is 0.682. The summed E-state index contributed by atoms with van der Waals surface area (Å²) in [6.45, 7) is 3.39. The molecule has 3 heteroatoms. The standard InChI is InChI=1S/C10H15NO2/c1-9-4-5-10(11-8-9)13-7-3-6-12-2/h4-5,8H,3,6-7H2,1-2H3. The van der Waals surface area contributed by atoms with Crippen LogP contribution in [0.3, 0.4) is 0 Å². The fourth-order valence-corrected chi connectivity index (χ4v) is 0.920. The van der Waals surface area contributed by atoms with Gasteiger partial charge in [0.05, 0.1) is 6.61 Å². The molecule has 0 radical (unpaired) electrons. The number of ether oxygens (including phenoxy) is 2. The normalized spacial score (nSPS) is 10.0. The number of nitrogens with zero attached hydrogens (tertiary/aromatic N) is 1. The Bertz CT molecular complexity index is 233. The van der Waals surface area contributed by atoms with Gasteiger partial charge in [-0.2, -0.15) is 0 Å². The van der Waals surface area contributed by atoms with E-state index in [1.54, 1.807) is 13.3 Å². The maximum atomic E-state index is 5.37. The number of hydrogen-bond donors (Lipinski definition) is 0. The van der Waals surface area contributed by atoms with Gasteiger partial charge in [0.25, 0.3) is 0 Å². The van der Waals surface area contributed by atoms with Crippen molar-refractivity contribution in [2.75, 3.05) is 20.3 Å². The number of methoxy groups -OCH3 is 1. The minimum atomic E-state index is 0.657. The molecule has 13 heavy (non-hydrogen) atoms. The number of rotatable bonds is 5. The maximum absolute atomic E-state index is 5.37. The van der Waals surface area contributed by atoms with Crippen LogP contribution in [0.5, 0.6) is 5.88 Å². The van der Waals surface area contributed by atoms with Gasteiger partial charge in [0, 0.05) is 32.4 Å². The van der Waals surface area contributed by atoms with E-state index >= 15 is 0 Å². The molecule has 0 bridgehead atoms. The topological polar surface area (TPSA) is 31.4 Å². The number of aryl methyl sites for hydroxylation is 1. The molecule has 1 aromatic rings. The van der Waals surface area contributed by atoms with Crippen molar-refractivity contribution >= 4 is 0 Å². The Morgan fingerprint density at radius 3 is 2.77 bits per heavy atom. The van der Waals surface area contributed by atoms with Gasteiger partial charge in [-0.25, -0.2) is 4.98 Å². The fourth-order valence-electron chi connectivity index (χ4n) is 0.920. The third-order valence-electron chi connectivity index (χ3n) is 1.63. The fraction of sp³-hybridized carbons (Fsp3) is 0.500. The highest BCUT2D eigenvalue weighted by Crippen LogP contribution is 2.06. The number of aromatic nitrogens is 1. The van der Waals surface area contributed by atoms with E-state index < -0.39 is 0 Å². The Kier molecular flexibility index (Phi) is 4.26. The summed E-state index contributed by atoms with van der Waals surface area (Å²) >= 11 is 0. The molecule has 0 saturated heterocycles.